The molecule has 27 heavy (non-hydrogen) atoms. The lowest BCUT2D eigenvalue weighted by atomic mass is 10.1. The van der Waals surface area contributed by atoms with Crippen LogP contribution in [-0.4, -0.2) is 25.0 Å². The van der Waals surface area contributed by atoms with E-state index in [0.29, 0.717) is 41.7 Å². The van der Waals surface area contributed by atoms with Crippen molar-refractivity contribution in [3.05, 3.63) is 53.6 Å². The summed E-state index contributed by atoms with van der Waals surface area (Å²) in [7, 11) is 0. The largest absolute Gasteiger partial charge is 0.486 e. The molecule has 0 saturated heterocycles. The predicted octanol–water partition coefficient (Wildman–Crippen LogP) is 2.96. The van der Waals surface area contributed by atoms with E-state index in [2.05, 4.69) is 10.6 Å². The quantitative estimate of drug-likeness (QED) is 0.642. The van der Waals surface area contributed by atoms with Crippen LogP contribution in [0.2, 0.25) is 0 Å². The average Bonchev–Trinajstić information content (AvgIpc) is 2.66. The van der Waals surface area contributed by atoms with Crippen molar-refractivity contribution < 1.29 is 19.1 Å². The fraction of sp³-hybridized carbons (Fsp3) is 0.150. The molecule has 2 N–H and O–H groups in total. The third-order valence-electron chi connectivity index (χ3n) is 3.71. The zero-order chi connectivity index (χ0) is 19.2. The smallest absolute Gasteiger partial charge is 0.266 e. The van der Waals surface area contributed by atoms with Crippen LogP contribution in [-0.2, 0) is 9.59 Å². The summed E-state index contributed by atoms with van der Waals surface area (Å²) in [6.45, 7) is 2.35. The van der Waals surface area contributed by atoms with Crippen molar-refractivity contribution in [2.24, 2.45) is 0 Å². The van der Waals surface area contributed by atoms with Gasteiger partial charge < -0.3 is 20.1 Å². The summed E-state index contributed by atoms with van der Waals surface area (Å²) in [5, 5.41) is 14.7. The number of nitrogens with zero attached hydrogens (tertiary/aromatic N) is 1. The Morgan fingerprint density at radius 2 is 1.67 bits per heavy atom. The molecule has 1 aliphatic rings. The van der Waals surface area contributed by atoms with Gasteiger partial charge in [-0.15, -0.1) is 0 Å². The van der Waals surface area contributed by atoms with Gasteiger partial charge in [-0.05, 0) is 35.9 Å². The zero-order valence-electron chi connectivity index (χ0n) is 14.6. The lowest BCUT2D eigenvalue weighted by Gasteiger charge is -2.18. The number of benzene rings is 2. The monoisotopic (exact) mass is 363 g/mol. The molecule has 2 aromatic rings. The molecule has 0 bridgehead atoms. The lowest BCUT2D eigenvalue weighted by Crippen LogP contribution is -2.17. The van der Waals surface area contributed by atoms with Crippen molar-refractivity contribution in [3.63, 3.8) is 0 Å². The minimum Gasteiger partial charge on any atom is -0.486 e. The van der Waals surface area contributed by atoms with Crippen molar-refractivity contribution in [3.8, 4) is 17.6 Å². The molecule has 0 spiro atoms. The molecule has 0 saturated carbocycles. The number of hydrogen-bond donors (Lipinski definition) is 2. The van der Waals surface area contributed by atoms with Gasteiger partial charge in [0.2, 0.25) is 5.91 Å². The Morgan fingerprint density at radius 3 is 2.33 bits per heavy atom. The molecule has 3 rings (SSSR count). The fourth-order valence-corrected chi connectivity index (χ4v) is 2.50. The molecule has 0 aliphatic carbocycles. The fourth-order valence-electron chi connectivity index (χ4n) is 2.50. The molecule has 1 aliphatic heterocycles. The number of ether oxygens (including phenoxy) is 2. The molecule has 2 amide bonds. The predicted molar refractivity (Wildman–Crippen MR) is 100 cm³/mol. The second kappa shape index (κ2) is 8.06. The zero-order valence-corrected chi connectivity index (χ0v) is 14.6. The van der Waals surface area contributed by atoms with Gasteiger partial charge in [-0.1, -0.05) is 12.1 Å². The van der Waals surface area contributed by atoms with Crippen LogP contribution in [0.5, 0.6) is 11.5 Å². The molecular weight excluding hydrogens is 346 g/mol. The van der Waals surface area contributed by atoms with Crippen LogP contribution in [0.25, 0.3) is 6.08 Å². The number of carbonyl (C=O) groups is 2. The van der Waals surface area contributed by atoms with Crippen LogP contribution in [0.1, 0.15) is 12.5 Å². The van der Waals surface area contributed by atoms with Gasteiger partial charge in [0.15, 0.2) is 11.5 Å². The van der Waals surface area contributed by atoms with Crippen molar-refractivity contribution in [2.45, 2.75) is 6.92 Å². The van der Waals surface area contributed by atoms with Crippen LogP contribution in [0.4, 0.5) is 11.4 Å². The van der Waals surface area contributed by atoms with Gasteiger partial charge in [0.25, 0.3) is 5.91 Å². The van der Waals surface area contributed by atoms with E-state index in [1.54, 1.807) is 42.5 Å². The highest BCUT2D eigenvalue weighted by molar-refractivity contribution is 6.09. The Hall–Kier alpha value is -3.79. The maximum atomic E-state index is 12.4. The molecule has 0 unspecified atom stereocenters. The topological polar surface area (TPSA) is 100 Å². The van der Waals surface area contributed by atoms with E-state index in [1.165, 1.54) is 13.0 Å². The summed E-state index contributed by atoms with van der Waals surface area (Å²) in [6.07, 6.45) is 1.48. The summed E-state index contributed by atoms with van der Waals surface area (Å²) in [5.41, 5.74) is 1.76. The minimum atomic E-state index is -0.528. The van der Waals surface area contributed by atoms with E-state index in [1.807, 2.05) is 6.07 Å². The minimum absolute atomic E-state index is 0.0443. The molecule has 0 fully saturated rings. The second-order valence-electron chi connectivity index (χ2n) is 5.79. The molecule has 0 aromatic heterocycles. The SMILES string of the molecule is CC(=O)Nc1ccc(/C=C(\C#N)C(=O)Nc2ccc3c(c2)OCCO3)cc1. The number of carbonyl (C=O) groups excluding carboxylic acids is 2. The molecule has 2 aromatic carbocycles. The van der Waals surface area contributed by atoms with Crippen molar-refractivity contribution >= 4 is 29.3 Å². The first-order chi connectivity index (χ1) is 13.0. The van der Waals surface area contributed by atoms with Gasteiger partial charge in [-0.3, -0.25) is 9.59 Å². The maximum Gasteiger partial charge on any atom is 0.266 e. The van der Waals surface area contributed by atoms with Gasteiger partial charge in [-0.25, -0.2) is 0 Å². The van der Waals surface area contributed by atoms with E-state index >= 15 is 0 Å². The standard InChI is InChI=1S/C20H17N3O4/c1-13(24)22-16-4-2-14(3-5-16)10-15(12-21)20(25)23-17-6-7-18-19(11-17)27-9-8-26-18/h2-7,10-11H,8-9H2,1H3,(H,22,24)(H,23,25)/b15-10+. The van der Waals surface area contributed by atoms with Gasteiger partial charge in [0.1, 0.15) is 24.9 Å². The number of anilines is 2. The summed E-state index contributed by atoms with van der Waals surface area (Å²) in [5.74, 6) is 0.472. The van der Waals surface area contributed by atoms with E-state index < -0.39 is 5.91 Å². The highest BCUT2D eigenvalue weighted by Gasteiger charge is 2.14. The summed E-state index contributed by atoms with van der Waals surface area (Å²) >= 11 is 0. The van der Waals surface area contributed by atoms with Gasteiger partial charge in [0, 0.05) is 24.4 Å². The van der Waals surface area contributed by atoms with Crippen molar-refractivity contribution in [1.82, 2.24) is 0 Å². The normalized spacial score (nSPS) is 12.7. The van der Waals surface area contributed by atoms with Crippen molar-refractivity contribution in [1.29, 1.82) is 5.26 Å². The third kappa shape index (κ3) is 4.64. The Balaban J connectivity index is 1.73. The Bertz CT molecular complexity index is 943. The number of hydrogen-bond acceptors (Lipinski definition) is 5. The van der Waals surface area contributed by atoms with Gasteiger partial charge in [0.05, 0.1) is 0 Å². The van der Waals surface area contributed by atoms with Crippen LogP contribution in [0, 0.1) is 11.3 Å². The number of rotatable bonds is 4. The highest BCUT2D eigenvalue weighted by atomic mass is 16.6. The molecular formula is C20H17N3O4. The maximum absolute atomic E-state index is 12.4. The Kier molecular flexibility index (Phi) is 5.38. The molecule has 1 heterocycles. The first-order valence-electron chi connectivity index (χ1n) is 8.25. The van der Waals surface area contributed by atoms with Gasteiger partial charge in [-0.2, -0.15) is 5.26 Å². The molecule has 0 radical (unpaired) electrons. The first kappa shape index (κ1) is 18.0. The van der Waals surface area contributed by atoms with Crippen LogP contribution >= 0.6 is 0 Å². The number of nitriles is 1. The van der Waals surface area contributed by atoms with Crippen LogP contribution < -0.4 is 20.1 Å². The summed E-state index contributed by atoms with van der Waals surface area (Å²) < 4.78 is 10.9. The molecule has 0 atom stereocenters. The highest BCUT2D eigenvalue weighted by Crippen LogP contribution is 2.32. The Morgan fingerprint density at radius 1 is 1.00 bits per heavy atom. The summed E-state index contributed by atoms with van der Waals surface area (Å²) in [6, 6.07) is 13.8. The van der Waals surface area contributed by atoms with E-state index in [0.717, 1.165) is 0 Å². The van der Waals surface area contributed by atoms with Gasteiger partial charge >= 0.3 is 0 Å². The summed E-state index contributed by atoms with van der Waals surface area (Å²) in [4.78, 5) is 23.4. The lowest BCUT2D eigenvalue weighted by molar-refractivity contribution is -0.114. The number of nitrogens with one attached hydrogen (secondary N) is 2. The molecule has 7 nitrogen and oxygen atoms in total. The average molecular weight is 363 g/mol. The van der Waals surface area contributed by atoms with E-state index in [9.17, 15) is 14.9 Å². The molecule has 136 valence electrons. The van der Waals surface area contributed by atoms with E-state index in [-0.39, 0.29) is 11.5 Å². The second-order valence-corrected chi connectivity index (χ2v) is 5.79. The number of amides is 2. The first-order valence-corrected chi connectivity index (χ1v) is 8.25. The molecule has 7 heteroatoms. The van der Waals surface area contributed by atoms with Crippen molar-refractivity contribution in [2.75, 3.05) is 23.8 Å². The van der Waals surface area contributed by atoms with Crippen LogP contribution in [0.15, 0.2) is 48.0 Å². The van der Waals surface area contributed by atoms with E-state index in [4.69, 9.17) is 9.47 Å². The number of fused-ring (bicyclic) bond motifs is 1. The van der Waals surface area contributed by atoms with Crippen LogP contribution in [0.3, 0.4) is 0 Å². The Labute approximate surface area is 156 Å². The third-order valence-corrected chi connectivity index (χ3v) is 3.71.